The first-order chi connectivity index (χ1) is 6.24. The summed E-state index contributed by atoms with van der Waals surface area (Å²) in [7, 11) is 0. The molecule has 0 aromatic carbocycles. The summed E-state index contributed by atoms with van der Waals surface area (Å²) < 4.78 is 0. The molecule has 13 heavy (non-hydrogen) atoms. The fourth-order valence-electron chi connectivity index (χ4n) is 1.24. The van der Waals surface area contributed by atoms with Gasteiger partial charge < -0.3 is 10.2 Å². The van der Waals surface area contributed by atoms with Crippen molar-refractivity contribution in [1.29, 1.82) is 0 Å². The number of nitrogens with one attached hydrogen (secondary N) is 1. The molecule has 0 atom stereocenters. The van der Waals surface area contributed by atoms with Gasteiger partial charge in [-0.05, 0) is 13.0 Å². The number of nitrogens with zero attached hydrogens (tertiary/aromatic N) is 1. The molecule has 0 aromatic heterocycles. The molecule has 1 N–H and O–H groups in total. The van der Waals surface area contributed by atoms with E-state index in [1.807, 2.05) is 0 Å². The second-order valence-electron chi connectivity index (χ2n) is 2.93. The van der Waals surface area contributed by atoms with Crippen molar-refractivity contribution in [3.8, 4) is 0 Å². The monoisotopic (exact) mass is 182 g/mol. The summed E-state index contributed by atoms with van der Waals surface area (Å²) in [5.41, 5.74) is 0. The molecule has 4 heteroatoms. The van der Waals surface area contributed by atoms with Crippen LogP contribution in [-0.2, 0) is 9.59 Å². The van der Waals surface area contributed by atoms with Gasteiger partial charge in [0.1, 0.15) is 0 Å². The SMILES string of the molecule is C/C=C/C(=O)N1CCNC(=O)CC1. The van der Waals surface area contributed by atoms with Gasteiger partial charge in [-0.1, -0.05) is 6.08 Å². The highest BCUT2D eigenvalue weighted by molar-refractivity contribution is 5.88. The Morgan fingerprint density at radius 3 is 3.00 bits per heavy atom. The van der Waals surface area contributed by atoms with Gasteiger partial charge in [0.2, 0.25) is 11.8 Å². The second kappa shape index (κ2) is 4.64. The lowest BCUT2D eigenvalue weighted by molar-refractivity contribution is -0.126. The number of rotatable bonds is 1. The van der Waals surface area contributed by atoms with E-state index in [1.165, 1.54) is 6.08 Å². The van der Waals surface area contributed by atoms with Crippen molar-refractivity contribution < 1.29 is 9.59 Å². The third kappa shape index (κ3) is 2.89. The van der Waals surface area contributed by atoms with E-state index in [1.54, 1.807) is 17.9 Å². The molecule has 1 fully saturated rings. The van der Waals surface area contributed by atoms with Gasteiger partial charge in [0, 0.05) is 26.1 Å². The first-order valence-corrected chi connectivity index (χ1v) is 4.42. The Kier molecular flexibility index (Phi) is 3.49. The van der Waals surface area contributed by atoms with Crippen LogP contribution in [0, 0.1) is 0 Å². The molecule has 0 spiro atoms. The normalized spacial score (nSPS) is 18.5. The minimum atomic E-state index is -0.0148. The molecule has 1 saturated heterocycles. The summed E-state index contributed by atoms with van der Waals surface area (Å²) in [5.74, 6) is 0.00905. The van der Waals surface area contributed by atoms with Crippen molar-refractivity contribution in [2.75, 3.05) is 19.6 Å². The van der Waals surface area contributed by atoms with Crippen molar-refractivity contribution in [1.82, 2.24) is 10.2 Å². The van der Waals surface area contributed by atoms with Gasteiger partial charge in [-0.2, -0.15) is 0 Å². The average Bonchev–Trinajstić information content (AvgIpc) is 2.30. The Bertz CT molecular complexity index is 236. The summed E-state index contributed by atoms with van der Waals surface area (Å²) >= 11 is 0. The van der Waals surface area contributed by atoms with Crippen molar-refractivity contribution in [3.05, 3.63) is 12.2 Å². The molecular formula is C9H14N2O2. The lowest BCUT2D eigenvalue weighted by Gasteiger charge is -2.16. The average molecular weight is 182 g/mol. The van der Waals surface area contributed by atoms with E-state index >= 15 is 0 Å². The molecule has 72 valence electrons. The molecule has 0 bridgehead atoms. The Morgan fingerprint density at radius 1 is 1.54 bits per heavy atom. The Hall–Kier alpha value is -1.32. The molecule has 1 heterocycles. The van der Waals surface area contributed by atoms with Crippen molar-refractivity contribution in [3.63, 3.8) is 0 Å². The van der Waals surface area contributed by atoms with Crippen LogP contribution in [0.5, 0.6) is 0 Å². The lowest BCUT2D eigenvalue weighted by Crippen LogP contribution is -2.32. The van der Waals surface area contributed by atoms with Gasteiger partial charge in [-0.3, -0.25) is 9.59 Å². The van der Waals surface area contributed by atoms with Gasteiger partial charge in [-0.25, -0.2) is 0 Å². The van der Waals surface area contributed by atoms with E-state index in [4.69, 9.17) is 0 Å². The Morgan fingerprint density at radius 2 is 2.31 bits per heavy atom. The number of hydrogen-bond acceptors (Lipinski definition) is 2. The number of hydrogen-bond donors (Lipinski definition) is 1. The Labute approximate surface area is 77.6 Å². The van der Waals surface area contributed by atoms with Gasteiger partial charge in [0.05, 0.1) is 0 Å². The van der Waals surface area contributed by atoms with Gasteiger partial charge in [0.25, 0.3) is 0 Å². The largest absolute Gasteiger partial charge is 0.354 e. The third-order valence-corrected chi connectivity index (χ3v) is 1.93. The van der Waals surface area contributed by atoms with Crippen LogP contribution in [-0.4, -0.2) is 36.3 Å². The van der Waals surface area contributed by atoms with Crippen molar-refractivity contribution >= 4 is 11.8 Å². The minimum Gasteiger partial charge on any atom is -0.354 e. The van der Waals surface area contributed by atoms with E-state index in [0.717, 1.165) is 0 Å². The smallest absolute Gasteiger partial charge is 0.246 e. The first-order valence-electron chi connectivity index (χ1n) is 4.42. The number of amides is 2. The second-order valence-corrected chi connectivity index (χ2v) is 2.93. The maximum atomic E-state index is 11.4. The first kappa shape index (κ1) is 9.77. The van der Waals surface area contributed by atoms with Crippen molar-refractivity contribution in [2.24, 2.45) is 0 Å². The molecular weight excluding hydrogens is 168 g/mol. The van der Waals surface area contributed by atoms with Crippen LogP contribution >= 0.6 is 0 Å². The molecule has 1 aliphatic rings. The fourth-order valence-corrected chi connectivity index (χ4v) is 1.24. The van der Waals surface area contributed by atoms with E-state index < -0.39 is 0 Å². The summed E-state index contributed by atoms with van der Waals surface area (Å²) in [6, 6.07) is 0. The highest BCUT2D eigenvalue weighted by atomic mass is 16.2. The standard InChI is InChI=1S/C9H14N2O2/c1-2-3-9(13)11-6-4-8(12)10-5-7-11/h2-3H,4-7H2,1H3,(H,10,12)/b3-2+. The summed E-state index contributed by atoms with van der Waals surface area (Å²) in [6.07, 6.45) is 3.64. The number of carbonyl (C=O) groups excluding carboxylic acids is 2. The van der Waals surface area contributed by atoms with Crippen LogP contribution in [0.15, 0.2) is 12.2 Å². The summed E-state index contributed by atoms with van der Waals surface area (Å²) in [4.78, 5) is 24.0. The van der Waals surface area contributed by atoms with Gasteiger partial charge in [0.15, 0.2) is 0 Å². The Balaban J connectivity index is 2.50. The molecule has 0 radical (unpaired) electrons. The fraction of sp³-hybridized carbons (Fsp3) is 0.556. The third-order valence-electron chi connectivity index (χ3n) is 1.93. The van der Waals surface area contributed by atoms with Crippen LogP contribution in [0.3, 0.4) is 0 Å². The van der Waals surface area contributed by atoms with Crippen LogP contribution in [0.4, 0.5) is 0 Å². The predicted molar refractivity (Wildman–Crippen MR) is 49.0 cm³/mol. The molecule has 1 aliphatic heterocycles. The zero-order valence-corrected chi connectivity index (χ0v) is 7.75. The number of carbonyl (C=O) groups is 2. The minimum absolute atomic E-state index is 0.0148. The van der Waals surface area contributed by atoms with Gasteiger partial charge in [-0.15, -0.1) is 0 Å². The van der Waals surface area contributed by atoms with Crippen LogP contribution in [0.1, 0.15) is 13.3 Å². The molecule has 2 amide bonds. The molecule has 0 unspecified atom stereocenters. The van der Waals surface area contributed by atoms with Crippen LogP contribution in [0.2, 0.25) is 0 Å². The summed E-state index contributed by atoms with van der Waals surface area (Å²) in [6.45, 7) is 3.49. The van der Waals surface area contributed by atoms with Crippen LogP contribution in [0.25, 0.3) is 0 Å². The zero-order chi connectivity index (χ0) is 9.68. The van der Waals surface area contributed by atoms with E-state index in [0.29, 0.717) is 26.1 Å². The van der Waals surface area contributed by atoms with E-state index in [9.17, 15) is 9.59 Å². The maximum Gasteiger partial charge on any atom is 0.246 e. The number of allylic oxidation sites excluding steroid dienone is 1. The highest BCUT2D eigenvalue weighted by Crippen LogP contribution is 1.97. The lowest BCUT2D eigenvalue weighted by atomic mass is 10.3. The predicted octanol–water partition coefficient (Wildman–Crippen LogP) is -0.0890. The van der Waals surface area contributed by atoms with Crippen LogP contribution < -0.4 is 5.32 Å². The highest BCUT2D eigenvalue weighted by Gasteiger charge is 2.15. The van der Waals surface area contributed by atoms with E-state index in [2.05, 4.69) is 5.32 Å². The molecule has 0 aromatic rings. The molecule has 0 aliphatic carbocycles. The quantitative estimate of drug-likeness (QED) is 0.576. The van der Waals surface area contributed by atoms with Crippen molar-refractivity contribution in [2.45, 2.75) is 13.3 Å². The topological polar surface area (TPSA) is 49.4 Å². The zero-order valence-electron chi connectivity index (χ0n) is 7.75. The summed E-state index contributed by atoms with van der Waals surface area (Å²) in [5, 5.41) is 2.71. The molecule has 1 rings (SSSR count). The molecule has 0 saturated carbocycles. The van der Waals surface area contributed by atoms with Gasteiger partial charge >= 0.3 is 0 Å². The molecule has 4 nitrogen and oxygen atoms in total. The maximum absolute atomic E-state index is 11.4. The van der Waals surface area contributed by atoms with E-state index in [-0.39, 0.29) is 11.8 Å².